The van der Waals surface area contributed by atoms with Crippen LogP contribution in [0.25, 0.3) is 12.2 Å². The highest BCUT2D eigenvalue weighted by molar-refractivity contribution is 7.12. The normalized spacial score (nSPS) is 28.5. The zero-order valence-electron chi connectivity index (χ0n) is 57.0. The van der Waals surface area contributed by atoms with Crippen molar-refractivity contribution >= 4 is 163 Å². The molecule has 4 aliphatic rings. The zero-order valence-corrected chi connectivity index (χ0v) is 69.2. The molecule has 15 nitrogen and oxygen atoms in total. The van der Waals surface area contributed by atoms with Crippen molar-refractivity contribution in [3.05, 3.63) is 380 Å². The van der Waals surface area contributed by atoms with E-state index < -0.39 is 88.0 Å². The van der Waals surface area contributed by atoms with Crippen molar-refractivity contribution in [2.24, 2.45) is 0 Å². The molecule has 0 N–H and O–H groups in total. The Hall–Kier alpha value is -8.25. The minimum Gasteiger partial charge on any atom is -0.497 e. The topological polar surface area (TPSA) is 138 Å². The van der Waals surface area contributed by atoms with Crippen molar-refractivity contribution in [1.82, 2.24) is 0 Å². The van der Waals surface area contributed by atoms with Gasteiger partial charge in [0.2, 0.25) is 0 Å². The highest BCUT2D eigenvalue weighted by Crippen LogP contribution is 2.44. The number of methoxy groups -OCH3 is 1. The Morgan fingerprint density at radius 2 is 0.558 bits per heavy atom. The first kappa shape index (κ1) is 70.1. The second kappa shape index (κ2) is 29.6. The minimum atomic E-state index is -5.54. The van der Waals surface area contributed by atoms with Crippen LogP contribution >= 0.6 is 0 Å². The lowest BCUT2D eigenvalue weighted by Crippen LogP contribution is -2.90. The summed E-state index contributed by atoms with van der Waals surface area (Å²) < 4.78 is 128. The Bertz CT molecular complexity index is 4940. The van der Waals surface area contributed by atoms with Crippen molar-refractivity contribution in [3.8, 4) is 5.75 Å². The fraction of sp³-hybridized carbons (Fsp3) is 0.0256. The van der Waals surface area contributed by atoms with Gasteiger partial charge in [-0.15, -0.1) is 0 Å². The largest absolute Gasteiger partial charge is 0.515 e. The summed E-state index contributed by atoms with van der Waals surface area (Å²) in [5.74, 6) is 0.584. The maximum atomic E-state index is 9.00. The Balaban J connectivity index is 1.18. The van der Waals surface area contributed by atoms with Crippen LogP contribution in [0, 0.1) is 6.92 Å². The van der Waals surface area contributed by atoms with Crippen LogP contribution < -0.4 is 56.6 Å². The predicted octanol–water partition coefficient (Wildman–Crippen LogP) is 7.13. The molecule has 518 valence electrons. The van der Waals surface area contributed by atoms with E-state index in [9.17, 15) is 0 Å². The summed E-state index contributed by atoms with van der Waals surface area (Å²) in [4.78, 5) is 0. The standard InChI is InChI=1S/C78H72O15Si11/c1-65-53-57-70(58-54-65)97(64-62-67-35-15-4-16-36-67)84-99(73-41-21-7-22-42-73)81-95(69-37-17-5-18-38-69)82-100(74-43-23-8-24-44-74)89-101(75-45-25-9-26-46-75)85-96(63-61-66-33-13-3-14-34-66,71-59-55-68(79-2)56-60-71)83-98(80-94,72-39-19-6-20-40-72)87-103(88-99,77-49-29-11-30-50-77)93-104(91-101,78-51-31-12-32-52-78)92-102(86-97,90-100)76-47-27-10-28-48-76/h3-64,95H,1-2,94H3/b63-61+,64-62+/t95?,96?,97?,98?,99?,100?,101?,102?,103-,104+/m1/s1. The summed E-state index contributed by atoms with van der Waals surface area (Å²) in [6.07, 6.45) is 4.06. The van der Waals surface area contributed by atoms with Gasteiger partial charge in [0.25, 0.3) is 0 Å². The molecule has 4 saturated heterocycles. The molecule has 4 fully saturated rings. The molecule has 16 rings (SSSR count). The van der Waals surface area contributed by atoms with Gasteiger partial charge in [-0.1, -0.05) is 357 Å². The molecule has 26 heteroatoms. The molecule has 4 aliphatic heterocycles. The molecule has 0 spiro atoms. The number of hydrogen-bond donors (Lipinski definition) is 0. The average molecular weight is 1560 g/mol. The van der Waals surface area contributed by atoms with Gasteiger partial charge >= 0.3 is 88.0 Å². The van der Waals surface area contributed by atoms with Gasteiger partial charge in [0.15, 0.2) is 0 Å². The van der Waals surface area contributed by atoms with Gasteiger partial charge in [-0.3, -0.25) is 0 Å². The van der Waals surface area contributed by atoms with Crippen molar-refractivity contribution in [2.75, 3.05) is 7.11 Å². The number of rotatable bonds is 16. The highest BCUT2D eigenvalue weighted by Gasteiger charge is 2.80. The number of benzene rings is 12. The lowest BCUT2D eigenvalue weighted by atomic mass is 10.2. The van der Waals surface area contributed by atoms with Crippen molar-refractivity contribution in [3.63, 3.8) is 0 Å². The van der Waals surface area contributed by atoms with E-state index in [4.69, 9.17) is 62.3 Å². The maximum absolute atomic E-state index is 9.00. The molecular formula is C78H72O15Si11. The smallest absolute Gasteiger partial charge is 0.497 e. The highest BCUT2D eigenvalue weighted by atomic mass is 28.6. The van der Waals surface area contributed by atoms with Crippen LogP contribution in [0.1, 0.15) is 16.7 Å². The minimum absolute atomic E-state index is 0.00238. The molecule has 12 aromatic rings. The van der Waals surface area contributed by atoms with Crippen LogP contribution in [-0.2, 0) is 57.6 Å². The lowest BCUT2D eigenvalue weighted by Gasteiger charge is -2.58. The van der Waals surface area contributed by atoms with E-state index in [2.05, 4.69) is 36.9 Å². The van der Waals surface area contributed by atoms with E-state index in [0.717, 1.165) is 16.7 Å². The molecule has 0 aliphatic carbocycles. The fourth-order valence-electron chi connectivity index (χ4n) is 13.1. The molecule has 104 heavy (non-hydrogen) atoms. The quantitative estimate of drug-likeness (QED) is 0.0907. The van der Waals surface area contributed by atoms with Gasteiger partial charge in [-0.2, -0.15) is 0 Å². The third-order valence-corrected chi connectivity index (χ3v) is 60.6. The van der Waals surface area contributed by atoms with Gasteiger partial charge in [0.05, 0.1) is 7.11 Å². The number of ether oxygens (including phenoxy) is 1. The van der Waals surface area contributed by atoms with Crippen LogP contribution in [0.4, 0.5) is 0 Å². The van der Waals surface area contributed by atoms with E-state index in [-0.39, 0.29) is 10.5 Å². The number of aryl methyl sites for hydroxylation is 1. The SMILES string of the molecule is COc1ccc([Si]2(/C=C/c3ccccc3)O[Si](O[SiH3])(c3ccccc3)O[Si@]3(c4ccccc4)O[Si]4(c5ccccc5)O[SiH](c5ccccc5)O[Si]5(c6ccccc6)O[Si](c6ccccc6)(O2)O[Si@@](c2ccccc2)(O[Si](c2ccccc2)(O[Si](/C=C/c2ccccc2)(c2ccc(C)cc2)O4)O5)O3)cc1. The van der Waals surface area contributed by atoms with E-state index in [0.29, 0.717) is 57.6 Å². The second-order valence-corrected chi connectivity index (χ2v) is 55.3. The van der Waals surface area contributed by atoms with Crippen LogP contribution in [0.2, 0.25) is 0 Å². The average Bonchev–Trinajstić information content (AvgIpc) is 0.685. The molecule has 8 unspecified atom stereocenters. The Morgan fingerprint density at radius 3 is 0.923 bits per heavy atom. The van der Waals surface area contributed by atoms with Gasteiger partial charge in [0.1, 0.15) is 16.2 Å². The van der Waals surface area contributed by atoms with Crippen LogP contribution in [0.3, 0.4) is 0 Å². The Labute approximate surface area is 620 Å². The van der Waals surface area contributed by atoms with E-state index in [1.807, 2.05) is 345 Å². The van der Waals surface area contributed by atoms with Crippen molar-refractivity contribution < 1.29 is 62.3 Å². The molecule has 6 bridgehead atoms. The maximum Gasteiger partial charge on any atom is 0.515 e. The first-order chi connectivity index (χ1) is 50.9. The molecule has 10 atom stereocenters. The van der Waals surface area contributed by atoms with Crippen LogP contribution in [-0.4, -0.2) is 106 Å². The van der Waals surface area contributed by atoms with Gasteiger partial charge in [-0.25, -0.2) is 0 Å². The monoisotopic (exact) mass is 1560 g/mol. The molecule has 0 radical (unpaired) electrons. The van der Waals surface area contributed by atoms with E-state index in [1.165, 1.54) is 0 Å². The Kier molecular flexibility index (Phi) is 19.9. The third kappa shape index (κ3) is 13.7. The summed E-state index contributed by atoms with van der Waals surface area (Å²) in [5.41, 5.74) is 6.75. The molecule has 0 saturated carbocycles. The predicted molar refractivity (Wildman–Crippen MR) is 427 cm³/mol. The molecule has 0 aromatic heterocycles. The van der Waals surface area contributed by atoms with E-state index >= 15 is 0 Å². The second-order valence-electron chi connectivity index (χ2n) is 25.2. The summed E-state index contributed by atoms with van der Waals surface area (Å²) in [5, 5.41) is 5.34. The lowest BCUT2D eigenvalue weighted by molar-refractivity contribution is 0.0578. The molecular weight excluding hydrogens is 1490 g/mol. The van der Waals surface area contributed by atoms with Gasteiger partial charge < -0.3 is 62.3 Å². The molecule has 12 aromatic carbocycles. The van der Waals surface area contributed by atoms with Crippen molar-refractivity contribution in [1.29, 1.82) is 0 Å². The number of fused-ring (bicyclic) bond motifs is 6. The summed E-state index contributed by atoms with van der Waals surface area (Å²) in [6, 6.07) is 114. The summed E-state index contributed by atoms with van der Waals surface area (Å²) in [7, 11) is -49.5. The Morgan fingerprint density at radius 1 is 0.279 bits per heavy atom. The van der Waals surface area contributed by atoms with Gasteiger partial charge in [0, 0.05) is 36.3 Å². The zero-order chi connectivity index (χ0) is 70.6. The van der Waals surface area contributed by atoms with Crippen molar-refractivity contribution in [2.45, 2.75) is 6.92 Å². The first-order valence-electron chi connectivity index (χ1n) is 34.2. The van der Waals surface area contributed by atoms with Crippen LogP contribution in [0.5, 0.6) is 5.75 Å². The third-order valence-electron chi connectivity index (χ3n) is 18.3. The summed E-state index contributed by atoms with van der Waals surface area (Å²) in [6.45, 7) is 2.06. The number of hydrogen-bond acceptors (Lipinski definition) is 15. The van der Waals surface area contributed by atoms with E-state index in [1.54, 1.807) is 7.11 Å². The summed E-state index contributed by atoms with van der Waals surface area (Å²) >= 11 is 0. The van der Waals surface area contributed by atoms with Gasteiger partial charge in [-0.05, 0) is 57.1 Å². The fourth-order valence-corrected chi connectivity index (χ4v) is 68.0. The molecule has 0 amide bonds. The first-order valence-corrected chi connectivity index (χ1v) is 52.4. The molecule has 4 heterocycles. The van der Waals surface area contributed by atoms with Crippen LogP contribution in [0.15, 0.2) is 363 Å².